The minimum Gasteiger partial charge on any atom is -0.348 e. The quantitative estimate of drug-likeness (QED) is 0.724. The van der Waals surface area contributed by atoms with E-state index in [9.17, 15) is 9.18 Å². The SMILES string of the molecule is Cl.NCC(NC(=O)c1ccc(F)cc1I)C1CCCCC1. The molecule has 1 aliphatic rings. The van der Waals surface area contributed by atoms with Crippen molar-refractivity contribution < 1.29 is 9.18 Å². The molecule has 21 heavy (non-hydrogen) atoms. The number of hydrogen-bond acceptors (Lipinski definition) is 2. The minimum atomic E-state index is -0.325. The van der Waals surface area contributed by atoms with Gasteiger partial charge in [-0.05, 0) is 59.5 Å². The zero-order valence-electron chi connectivity index (χ0n) is 11.8. The molecule has 1 atom stereocenters. The fraction of sp³-hybridized carbons (Fsp3) is 0.533. The summed E-state index contributed by atoms with van der Waals surface area (Å²) in [5.74, 6) is -0.0140. The molecule has 0 radical (unpaired) electrons. The maximum atomic E-state index is 13.1. The highest BCUT2D eigenvalue weighted by Crippen LogP contribution is 2.26. The van der Waals surface area contributed by atoms with E-state index in [4.69, 9.17) is 5.73 Å². The van der Waals surface area contributed by atoms with Crippen molar-refractivity contribution in [2.24, 2.45) is 11.7 Å². The van der Waals surface area contributed by atoms with Gasteiger partial charge in [0.1, 0.15) is 5.82 Å². The summed E-state index contributed by atoms with van der Waals surface area (Å²) < 4.78 is 13.7. The Balaban J connectivity index is 0.00000220. The zero-order chi connectivity index (χ0) is 14.5. The monoisotopic (exact) mass is 426 g/mol. The molecule has 1 aliphatic carbocycles. The first-order valence-electron chi connectivity index (χ1n) is 7.08. The predicted molar refractivity (Wildman–Crippen MR) is 93.2 cm³/mol. The van der Waals surface area contributed by atoms with Crippen LogP contribution in [0.25, 0.3) is 0 Å². The van der Waals surface area contributed by atoms with Crippen molar-refractivity contribution in [2.45, 2.75) is 38.1 Å². The van der Waals surface area contributed by atoms with Crippen molar-refractivity contribution in [2.75, 3.05) is 6.54 Å². The minimum absolute atomic E-state index is 0. The third-order valence-electron chi connectivity index (χ3n) is 3.97. The molecule has 1 saturated carbocycles. The van der Waals surface area contributed by atoms with Gasteiger partial charge < -0.3 is 11.1 Å². The van der Waals surface area contributed by atoms with Gasteiger partial charge in [-0.3, -0.25) is 4.79 Å². The lowest BCUT2D eigenvalue weighted by atomic mass is 9.84. The number of rotatable bonds is 4. The lowest BCUT2D eigenvalue weighted by Crippen LogP contribution is -2.46. The number of hydrogen-bond donors (Lipinski definition) is 2. The Morgan fingerprint density at radius 3 is 2.62 bits per heavy atom. The van der Waals surface area contributed by atoms with Gasteiger partial charge in [0.15, 0.2) is 0 Å². The van der Waals surface area contributed by atoms with E-state index in [2.05, 4.69) is 5.32 Å². The number of carbonyl (C=O) groups excluding carboxylic acids is 1. The summed E-state index contributed by atoms with van der Waals surface area (Å²) in [6.45, 7) is 0.453. The molecular weight excluding hydrogens is 406 g/mol. The van der Waals surface area contributed by atoms with Gasteiger partial charge in [-0.15, -0.1) is 12.4 Å². The molecule has 118 valence electrons. The molecule has 6 heteroatoms. The highest BCUT2D eigenvalue weighted by Gasteiger charge is 2.24. The van der Waals surface area contributed by atoms with Crippen molar-refractivity contribution in [3.8, 4) is 0 Å². The van der Waals surface area contributed by atoms with E-state index < -0.39 is 0 Å². The second kappa shape index (κ2) is 8.90. The Kier molecular flexibility index (Phi) is 7.90. The maximum Gasteiger partial charge on any atom is 0.252 e. The van der Waals surface area contributed by atoms with E-state index in [0.29, 0.717) is 21.6 Å². The summed E-state index contributed by atoms with van der Waals surface area (Å²) in [5, 5.41) is 3.02. The molecule has 1 fully saturated rings. The van der Waals surface area contributed by atoms with Gasteiger partial charge in [0.05, 0.1) is 5.56 Å². The molecule has 0 aromatic heterocycles. The highest BCUT2D eigenvalue weighted by atomic mass is 127. The first kappa shape index (κ1) is 18.6. The fourth-order valence-corrected chi connectivity index (χ4v) is 3.55. The Bertz CT molecular complexity index is 481. The second-order valence-electron chi connectivity index (χ2n) is 5.34. The number of benzene rings is 1. The number of carbonyl (C=O) groups is 1. The first-order valence-corrected chi connectivity index (χ1v) is 8.15. The lowest BCUT2D eigenvalue weighted by Gasteiger charge is -2.30. The van der Waals surface area contributed by atoms with E-state index in [0.717, 1.165) is 12.8 Å². The summed E-state index contributed by atoms with van der Waals surface area (Å²) in [4.78, 5) is 12.3. The standard InChI is InChI=1S/C15H20FIN2O.ClH/c16-11-6-7-12(13(17)8-11)15(20)19-14(9-18)10-4-2-1-3-5-10;/h6-8,10,14H,1-5,9,18H2,(H,19,20);1H. The van der Waals surface area contributed by atoms with Crippen LogP contribution < -0.4 is 11.1 Å². The van der Waals surface area contributed by atoms with Gasteiger partial charge in [-0.1, -0.05) is 19.3 Å². The summed E-state index contributed by atoms with van der Waals surface area (Å²) in [5.41, 5.74) is 6.33. The van der Waals surface area contributed by atoms with Gasteiger partial charge in [0.25, 0.3) is 5.91 Å². The average Bonchev–Trinajstić information content (AvgIpc) is 2.45. The molecule has 0 aliphatic heterocycles. The van der Waals surface area contributed by atoms with Gasteiger partial charge in [-0.25, -0.2) is 4.39 Å². The van der Waals surface area contributed by atoms with E-state index in [1.807, 2.05) is 22.6 Å². The van der Waals surface area contributed by atoms with Crippen LogP contribution in [0.2, 0.25) is 0 Å². The summed E-state index contributed by atoms with van der Waals surface area (Å²) in [6, 6.07) is 4.23. The molecule has 3 N–H and O–H groups in total. The number of halogens is 3. The molecule has 1 unspecified atom stereocenters. The van der Waals surface area contributed by atoms with Crippen LogP contribution in [0, 0.1) is 15.3 Å². The normalized spacial score (nSPS) is 16.9. The van der Waals surface area contributed by atoms with Crippen LogP contribution in [0.4, 0.5) is 4.39 Å². The third-order valence-corrected chi connectivity index (χ3v) is 4.86. The van der Waals surface area contributed by atoms with Crippen LogP contribution in [0.15, 0.2) is 18.2 Å². The number of nitrogens with one attached hydrogen (secondary N) is 1. The third kappa shape index (κ3) is 5.07. The van der Waals surface area contributed by atoms with E-state index in [1.165, 1.54) is 37.5 Å². The predicted octanol–water partition coefficient (Wildman–Crippen LogP) is 3.49. The molecule has 1 amide bonds. The molecule has 3 nitrogen and oxygen atoms in total. The largest absolute Gasteiger partial charge is 0.348 e. The maximum absolute atomic E-state index is 13.1. The summed E-state index contributed by atoms with van der Waals surface area (Å²) >= 11 is 1.98. The van der Waals surface area contributed by atoms with Crippen molar-refractivity contribution in [1.82, 2.24) is 5.32 Å². The van der Waals surface area contributed by atoms with Crippen LogP contribution in [-0.4, -0.2) is 18.5 Å². The first-order chi connectivity index (χ1) is 9.61. The highest BCUT2D eigenvalue weighted by molar-refractivity contribution is 14.1. The molecule has 0 bridgehead atoms. The Labute approximate surface area is 144 Å². The van der Waals surface area contributed by atoms with Crippen LogP contribution >= 0.6 is 35.0 Å². The Hall–Kier alpha value is -0.400. The molecule has 0 heterocycles. The molecule has 0 spiro atoms. The van der Waals surface area contributed by atoms with Crippen molar-refractivity contribution >= 4 is 40.9 Å². The number of amides is 1. The fourth-order valence-electron chi connectivity index (χ4n) is 2.83. The lowest BCUT2D eigenvalue weighted by molar-refractivity contribution is 0.0914. The second-order valence-corrected chi connectivity index (χ2v) is 6.50. The van der Waals surface area contributed by atoms with Crippen molar-refractivity contribution in [3.63, 3.8) is 0 Å². The summed E-state index contributed by atoms with van der Waals surface area (Å²) in [7, 11) is 0. The molecular formula is C15H21ClFIN2O. The molecule has 1 aromatic carbocycles. The van der Waals surface area contributed by atoms with Crippen LogP contribution in [0.3, 0.4) is 0 Å². The molecule has 0 saturated heterocycles. The smallest absolute Gasteiger partial charge is 0.252 e. The topological polar surface area (TPSA) is 55.1 Å². The van der Waals surface area contributed by atoms with Gasteiger partial charge in [0, 0.05) is 16.2 Å². The molecule has 2 rings (SSSR count). The van der Waals surface area contributed by atoms with E-state index in [1.54, 1.807) is 0 Å². The summed E-state index contributed by atoms with van der Waals surface area (Å²) in [6.07, 6.45) is 5.96. The van der Waals surface area contributed by atoms with Gasteiger partial charge in [0.2, 0.25) is 0 Å². The zero-order valence-corrected chi connectivity index (χ0v) is 14.8. The van der Waals surface area contributed by atoms with Crippen molar-refractivity contribution in [1.29, 1.82) is 0 Å². The molecule has 1 aromatic rings. The van der Waals surface area contributed by atoms with Crippen LogP contribution in [0.1, 0.15) is 42.5 Å². The van der Waals surface area contributed by atoms with Gasteiger partial charge >= 0.3 is 0 Å². The number of nitrogens with two attached hydrogens (primary N) is 1. The van der Waals surface area contributed by atoms with Crippen LogP contribution in [0.5, 0.6) is 0 Å². The van der Waals surface area contributed by atoms with Crippen LogP contribution in [-0.2, 0) is 0 Å². The average molecular weight is 427 g/mol. The Morgan fingerprint density at radius 2 is 2.05 bits per heavy atom. The van der Waals surface area contributed by atoms with E-state index >= 15 is 0 Å². The Morgan fingerprint density at radius 1 is 1.38 bits per heavy atom. The van der Waals surface area contributed by atoms with Gasteiger partial charge in [-0.2, -0.15) is 0 Å². The van der Waals surface area contributed by atoms with Crippen molar-refractivity contribution in [3.05, 3.63) is 33.1 Å². The van der Waals surface area contributed by atoms with E-state index in [-0.39, 0.29) is 30.2 Å².